The summed E-state index contributed by atoms with van der Waals surface area (Å²) >= 11 is 0. The molecule has 1 aliphatic rings. The van der Waals surface area contributed by atoms with Gasteiger partial charge < -0.3 is 15.6 Å². The van der Waals surface area contributed by atoms with Crippen molar-refractivity contribution < 1.29 is 9.59 Å². The van der Waals surface area contributed by atoms with E-state index >= 15 is 0 Å². The van der Waals surface area contributed by atoms with E-state index in [9.17, 15) is 9.59 Å². The minimum absolute atomic E-state index is 0.0986. The molecule has 1 aromatic carbocycles. The van der Waals surface area contributed by atoms with Gasteiger partial charge in [0.25, 0.3) is 5.91 Å². The van der Waals surface area contributed by atoms with Gasteiger partial charge in [-0.1, -0.05) is 0 Å². The van der Waals surface area contributed by atoms with Crippen molar-refractivity contribution in [1.82, 2.24) is 20.6 Å². The maximum Gasteiger partial charge on any atom is 0.252 e. The summed E-state index contributed by atoms with van der Waals surface area (Å²) in [7, 11) is 0. The van der Waals surface area contributed by atoms with E-state index in [0.717, 1.165) is 23.9 Å². The lowest BCUT2D eigenvalue weighted by Gasteiger charge is -2.15. The highest BCUT2D eigenvalue weighted by Crippen LogP contribution is 2.12. The average molecular weight is 272 g/mol. The first kappa shape index (κ1) is 12.7. The quantitative estimate of drug-likeness (QED) is 0.761. The van der Waals surface area contributed by atoms with Gasteiger partial charge in [-0.3, -0.25) is 9.59 Å². The molecule has 1 aliphatic heterocycles. The highest BCUT2D eigenvalue weighted by atomic mass is 16.2. The first-order valence-corrected chi connectivity index (χ1v) is 6.76. The van der Waals surface area contributed by atoms with Crippen LogP contribution in [0.4, 0.5) is 0 Å². The molecule has 0 bridgehead atoms. The van der Waals surface area contributed by atoms with Crippen molar-refractivity contribution in [2.24, 2.45) is 0 Å². The third-order valence-electron chi connectivity index (χ3n) is 3.52. The van der Waals surface area contributed by atoms with Crippen molar-refractivity contribution in [3.63, 3.8) is 0 Å². The summed E-state index contributed by atoms with van der Waals surface area (Å²) in [5.74, 6) is -0.331. The fourth-order valence-corrected chi connectivity index (χ4v) is 2.40. The van der Waals surface area contributed by atoms with Gasteiger partial charge in [-0.05, 0) is 37.5 Å². The number of aromatic amines is 1. The molecule has 3 N–H and O–H groups in total. The molecule has 1 atom stereocenters. The lowest BCUT2D eigenvalue weighted by atomic mass is 10.1. The molecule has 0 saturated carbocycles. The molecular weight excluding hydrogens is 256 g/mol. The van der Waals surface area contributed by atoms with E-state index in [-0.39, 0.29) is 11.8 Å². The monoisotopic (exact) mass is 272 g/mol. The molecule has 0 spiro atoms. The number of hydrogen-bond donors (Lipinski definition) is 3. The summed E-state index contributed by atoms with van der Waals surface area (Å²) in [5, 5.41) is 5.60. The fraction of sp³-hybridized carbons (Fsp3) is 0.357. The van der Waals surface area contributed by atoms with Gasteiger partial charge in [-0.25, -0.2) is 4.98 Å². The topological polar surface area (TPSA) is 86.9 Å². The van der Waals surface area contributed by atoms with Crippen LogP contribution in [-0.2, 0) is 4.79 Å². The Balaban J connectivity index is 1.76. The molecule has 0 radical (unpaired) electrons. The van der Waals surface area contributed by atoms with Crippen molar-refractivity contribution >= 4 is 22.8 Å². The zero-order chi connectivity index (χ0) is 13.9. The van der Waals surface area contributed by atoms with Gasteiger partial charge in [-0.2, -0.15) is 0 Å². The predicted molar refractivity (Wildman–Crippen MR) is 74.2 cm³/mol. The zero-order valence-corrected chi connectivity index (χ0v) is 11.0. The number of imidazole rings is 1. The highest BCUT2D eigenvalue weighted by Gasteiger charge is 2.22. The number of carbonyl (C=O) groups is 2. The van der Waals surface area contributed by atoms with E-state index in [4.69, 9.17) is 0 Å². The first-order chi connectivity index (χ1) is 9.74. The van der Waals surface area contributed by atoms with Gasteiger partial charge in [-0.15, -0.1) is 0 Å². The maximum absolute atomic E-state index is 12.2. The van der Waals surface area contributed by atoms with Crippen LogP contribution in [0.25, 0.3) is 11.0 Å². The maximum atomic E-state index is 12.2. The van der Waals surface area contributed by atoms with Crippen molar-refractivity contribution in [2.45, 2.75) is 25.3 Å². The summed E-state index contributed by atoms with van der Waals surface area (Å²) in [6.45, 7) is 0.686. The van der Waals surface area contributed by atoms with Gasteiger partial charge in [0.05, 0.1) is 17.4 Å². The smallest absolute Gasteiger partial charge is 0.252 e. The second-order valence-electron chi connectivity index (χ2n) is 4.95. The van der Waals surface area contributed by atoms with Crippen molar-refractivity contribution in [3.8, 4) is 0 Å². The normalized spacial score (nSPS) is 19.4. The van der Waals surface area contributed by atoms with E-state index in [1.807, 2.05) is 0 Å². The van der Waals surface area contributed by atoms with Crippen LogP contribution in [0.1, 0.15) is 29.6 Å². The zero-order valence-electron chi connectivity index (χ0n) is 11.0. The summed E-state index contributed by atoms with van der Waals surface area (Å²) < 4.78 is 0. The summed E-state index contributed by atoms with van der Waals surface area (Å²) in [4.78, 5) is 31.1. The van der Waals surface area contributed by atoms with Crippen LogP contribution in [0.2, 0.25) is 0 Å². The number of amides is 2. The number of fused-ring (bicyclic) bond motifs is 1. The highest BCUT2D eigenvalue weighted by molar-refractivity contribution is 5.99. The van der Waals surface area contributed by atoms with Crippen molar-refractivity contribution in [1.29, 1.82) is 0 Å². The third kappa shape index (κ3) is 2.49. The van der Waals surface area contributed by atoms with Gasteiger partial charge >= 0.3 is 0 Å². The van der Waals surface area contributed by atoms with Gasteiger partial charge in [0, 0.05) is 12.1 Å². The molecule has 1 aromatic heterocycles. The van der Waals surface area contributed by atoms with Crippen LogP contribution in [0, 0.1) is 0 Å². The molecule has 3 rings (SSSR count). The third-order valence-corrected chi connectivity index (χ3v) is 3.52. The van der Waals surface area contributed by atoms with Gasteiger partial charge in [0.2, 0.25) is 5.91 Å². The standard InChI is InChI=1S/C14H16N4O2/c19-13(18-11-3-1-2-6-15-14(11)20)9-4-5-10-12(7-9)17-8-16-10/h4-5,7-8,11H,1-3,6H2,(H,15,20)(H,16,17)(H,18,19). The van der Waals surface area contributed by atoms with E-state index in [1.54, 1.807) is 24.5 Å². The molecule has 0 aliphatic carbocycles. The SMILES string of the molecule is O=C(NC1CCCCNC1=O)c1ccc2nc[nH]c2c1. The minimum atomic E-state index is -0.442. The summed E-state index contributed by atoms with van der Waals surface area (Å²) in [5.41, 5.74) is 2.15. The van der Waals surface area contributed by atoms with Crippen LogP contribution < -0.4 is 10.6 Å². The second kappa shape index (κ2) is 5.32. The number of hydrogen-bond acceptors (Lipinski definition) is 3. The number of carbonyl (C=O) groups excluding carboxylic acids is 2. The van der Waals surface area contributed by atoms with Crippen LogP contribution >= 0.6 is 0 Å². The Bertz CT molecular complexity index is 649. The number of aromatic nitrogens is 2. The van der Waals surface area contributed by atoms with Crippen LogP contribution in [-0.4, -0.2) is 34.4 Å². The Labute approximate surface area is 116 Å². The van der Waals surface area contributed by atoms with Crippen LogP contribution in [0.5, 0.6) is 0 Å². The fourth-order valence-electron chi connectivity index (χ4n) is 2.40. The largest absolute Gasteiger partial charge is 0.354 e. The Morgan fingerprint density at radius 1 is 1.35 bits per heavy atom. The second-order valence-corrected chi connectivity index (χ2v) is 4.95. The number of benzene rings is 1. The predicted octanol–water partition coefficient (Wildman–Crippen LogP) is 0.961. The molecule has 1 fully saturated rings. The average Bonchev–Trinajstić information content (AvgIpc) is 2.83. The van der Waals surface area contributed by atoms with Gasteiger partial charge in [0.1, 0.15) is 6.04 Å². The molecule has 1 saturated heterocycles. The number of H-pyrrole nitrogens is 1. The van der Waals surface area contributed by atoms with Crippen molar-refractivity contribution in [2.75, 3.05) is 6.54 Å². The molecule has 2 heterocycles. The van der Waals surface area contributed by atoms with Crippen LogP contribution in [0.3, 0.4) is 0 Å². The lowest BCUT2D eigenvalue weighted by Crippen LogP contribution is -2.45. The van der Waals surface area contributed by atoms with Gasteiger partial charge in [0.15, 0.2) is 0 Å². The molecule has 6 nitrogen and oxygen atoms in total. The molecule has 104 valence electrons. The first-order valence-electron chi connectivity index (χ1n) is 6.76. The lowest BCUT2D eigenvalue weighted by molar-refractivity contribution is -0.122. The van der Waals surface area contributed by atoms with E-state index in [2.05, 4.69) is 20.6 Å². The molecule has 2 amide bonds. The molecule has 6 heteroatoms. The Hall–Kier alpha value is -2.37. The number of nitrogens with one attached hydrogen (secondary N) is 3. The Morgan fingerprint density at radius 3 is 3.15 bits per heavy atom. The molecule has 2 aromatic rings. The summed E-state index contributed by atoms with van der Waals surface area (Å²) in [6, 6.07) is 4.80. The number of nitrogens with zero attached hydrogens (tertiary/aromatic N) is 1. The van der Waals surface area contributed by atoms with E-state index in [1.165, 1.54) is 0 Å². The molecular formula is C14H16N4O2. The summed E-state index contributed by atoms with van der Waals surface area (Å²) in [6.07, 6.45) is 4.16. The molecule has 1 unspecified atom stereocenters. The van der Waals surface area contributed by atoms with E-state index in [0.29, 0.717) is 18.5 Å². The van der Waals surface area contributed by atoms with Crippen molar-refractivity contribution in [3.05, 3.63) is 30.1 Å². The molecule has 20 heavy (non-hydrogen) atoms. The van der Waals surface area contributed by atoms with E-state index < -0.39 is 6.04 Å². The number of rotatable bonds is 2. The Kier molecular flexibility index (Phi) is 3.37. The van der Waals surface area contributed by atoms with Crippen LogP contribution in [0.15, 0.2) is 24.5 Å². The minimum Gasteiger partial charge on any atom is -0.354 e. The Morgan fingerprint density at radius 2 is 2.25 bits per heavy atom.